The zero-order chi connectivity index (χ0) is 13.4. The Morgan fingerprint density at radius 3 is 2.65 bits per heavy atom. The van der Waals surface area contributed by atoms with Crippen molar-refractivity contribution in [2.75, 3.05) is 0 Å². The van der Waals surface area contributed by atoms with E-state index in [1.54, 1.807) is 17.5 Å². The molecule has 0 fully saturated rings. The molecule has 0 saturated carbocycles. The molecule has 0 aliphatic rings. The molecule has 0 spiro atoms. The summed E-state index contributed by atoms with van der Waals surface area (Å²) < 4.78 is 2.16. The summed E-state index contributed by atoms with van der Waals surface area (Å²) in [5.74, 6) is 0.967. The first kappa shape index (κ1) is 11.4. The molecule has 0 saturated heterocycles. The van der Waals surface area contributed by atoms with Gasteiger partial charge in [0.1, 0.15) is 0 Å². The fraction of sp³-hybridized carbons (Fsp3) is 0. The largest absolute Gasteiger partial charge is 0.290 e. The van der Waals surface area contributed by atoms with Crippen molar-refractivity contribution in [2.24, 2.45) is 0 Å². The molecule has 0 unspecified atom stereocenters. The van der Waals surface area contributed by atoms with Crippen molar-refractivity contribution in [1.29, 1.82) is 0 Å². The molecule has 0 amide bonds. The standard InChI is InChI=1S/C16H11N3S/c1-2-5-12(6-3-1)19-14-11-17-9-8-13(14)18-16(19)15-7-4-10-20-15/h1-11H. The van der Waals surface area contributed by atoms with Gasteiger partial charge in [-0.2, -0.15) is 0 Å². The van der Waals surface area contributed by atoms with Gasteiger partial charge < -0.3 is 0 Å². The Labute approximate surface area is 120 Å². The number of para-hydroxylation sites is 1. The first-order valence-electron chi connectivity index (χ1n) is 6.35. The van der Waals surface area contributed by atoms with Crippen LogP contribution in [0.5, 0.6) is 0 Å². The first-order chi connectivity index (χ1) is 9.93. The smallest absolute Gasteiger partial charge is 0.155 e. The van der Waals surface area contributed by atoms with Crippen LogP contribution in [-0.2, 0) is 0 Å². The number of hydrogen-bond donors (Lipinski definition) is 0. The molecule has 4 heteroatoms. The zero-order valence-electron chi connectivity index (χ0n) is 10.6. The second kappa shape index (κ2) is 4.58. The van der Waals surface area contributed by atoms with E-state index in [4.69, 9.17) is 4.98 Å². The Morgan fingerprint density at radius 2 is 1.85 bits per heavy atom. The monoisotopic (exact) mass is 277 g/mol. The number of fused-ring (bicyclic) bond motifs is 1. The molecule has 3 nitrogen and oxygen atoms in total. The van der Waals surface area contributed by atoms with Crippen LogP contribution >= 0.6 is 11.3 Å². The average Bonchev–Trinajstić information content (AvgIpc) is 3.15. The van der Waals surface area contributed by atoms with Crippen molar-refractivity contribution < 1.29 is 0 Å². The summed E-state index contributed by atoms with van der Waals surface area (Å²) in [4.78, 5) is 10.2. The van der Waals surface area contributed by atoms with Crippen molar-refractivity contribution in [1.82, 2.24) is 14.5 Å². The minimum absolute atomic E-state index is 0.965. The quantitative estimate of drug-likeness (QED) is 0.551. The minimum Gasteiger partial charge on any atom is -0.290 e. The van der Waals surface area contributed by atoms with E-state index >= 15 is 0 Å². The highest BCUT2D eigenvalue weighted by Crippen LogP contribution is 2.30. The van der Waals surface area contributed by atoms with Gasteiger partial charge in [0.05, 0.1) is 22.1 Å². The Balaban J connectivity index is 2.09. The predicted octanol–water partition coefficient (Wildman–Crippen LogP) is 4.15. The number of rotatable bonds is 2. The van der Waals surface area contributed by atoms with Crippen LogP contribution in [0.4, 0.5) is 0 Å². The Kier molecular flexibility index (Phi) is 2.60. The number of hydrogen-bond acceptors (Lipinski definition) is 3. The summed E-state index contributed by atoms with van der Waals surface area (Å²) in [6.07, 6.45) is 3.65. The van der Waals surface area contributed by atoms with Crippen LogP contribution in [-0.4, -0.2) is 14.5 Å². The van der Waals surface area contributed by atoms with E-state index in [9.17, 15) is 0 Å². The molecule has 20 heavy (non-hydrogen) atoms. The van der Waals surface area contributed by atoms with Crippen molar-refractivity contribution in [3.8, 4) is 16.4 Å². The number of pyridine rings is 1. The lowest BCUT2D eigenvalue weighted by molar-refractivity contribution is 1.10. The molecule has 1 aromatic carbocycles. The molecule has 0 bridgehead atoms. The van der Waals surface area contributed by atoms with Gasteiger partial charge in [0.2, 0.25) is 0 Å². The van der Waals surface area contributed by atoms with E-state index in [2.05, 4.69) is 33.1 Å². The van der Waals surface area contributed by atoms with Crippen molar-refractivity contribution in [3.05, 3.63) is 66.3 Å². The van der Waals surface area contributed by atoms with E-state index in [1.165, 1.54) is 0 Å². The third kappa shape index (κ3) is 1.73. The summed E-state index contributed by atoms with van der Waals surface area (Å²) in [5.41, 5.74) is 3.10. The van der Waals surface area contributed by atoms with Gasteiger partial charge in [0, 0.05) is 11.9 Å². The third-order valence-corrected chi connectivity index (χ3v) is 4.08. The van der Waals surface area contributed by atoms with Gasteiger partial charge in [-0.25, -0.2) is 4.98 Å². The van der Waals surface area contributed by atoms with E-state index in [0.717, 1.165) is 27.4 Å². The number of nitrogens with zero attached hydrogens (tertiary/aromatic N) is 3. The number of imidazole rings is 1. The van der Waals surface area contributed by atoms with Crippen LogP contribution in [0.15, 0.2) is 66.3 Å². The fourth-order valence-electron chi connectivity index (χ4n) is 2.33. The van der Waals surface area contributed by atoms with Gasteiger partial charge in [0.15, 0.2) is 5.82 Å². The molecule has 96 valence electrons. The lowest BCUT2D eigenvalue weighted by atomic mass is 10.3. The van der Waals surface area contributed by atoms with Gasteiger partial charge >= 0.3 is 0 Å². The van der Waals surface area contributed by atoms with E-state index in [0.29, 0.717) is 0 Å². The topological polar surface area (TPSA) is 30.7 Å². The van der Waals surface area contributed by atoms with Gasteiger partial charge in [0.25, 0.3) is 0 Å². The molecule has 4 rings (SSSR count). The first-order valence-corrected chi connectivity index (χ1v) is 7.23. The zero-order valence-corrected chi connectivity index (χ0v) is 11.4. The molecule has 3 aromatic heterocycles. The molecule has 3 heterocycles. The molecule has 4 aromatic rings. The van der Waals surface area contributed by atoms with Crippen LogP contribution in [0, 0.1) is 0 Å². The second-order valence-corrected chi connectivity index (χ2v) is 5.40. The minimum atomic E-state index is 0.965. The maximum Gasteiger partial charge on any atom is 0.155 e. The maximum atomic E-state index is 4.76. The van der Waals surface area contributed by atoms with Crippen molar-refractivity contribution in [3.63, 3.8) is 0 Å². The summed E-state index contributed by atoms with van der Waals surface area (Å²) in [5, 5.41) is 2.07. The fourth-order valence-corrected chi connectivity index (χ4v) is 3.04. The molecule has 0 radical (unpaired) electrons. The highest BCUT2D eigenvalue weighted by Gasteiger charge is 2.14. The Hall–Kier alpha value is -2.46. The van der Waals surface area contributed by atoms with E-state index < -0.39 is 0 Å². The summed E-state index contributed by atoms with van der Waals surface area (Å²) in [7, 11) is 0. The molecular weight excluding hydrogens is 266 g/mol. The number of thiophene rings is 1. The maximum absolute atomic E-state index is 4.76. The van der Waals surface area contributed by atoms with Crippen molar-refractivity contribution in [2.45, 2.75) is 0 Å². The van der Waals surface area contributed by atoms with Crippen LogP contribution in [0.2, 0.25) is 0 Å². The lowest BCUT2D eigenvalue weighted by Crippen LogP contribution is -1.96. The van der Waals surface area contributed by atoms with E-state index in [-0.39, 0.29) is 0 Å². The highest BCUT2D eigenvalue weighted by molar-refractivity contribution is 7.13. The van der Waals surface area contributed by atoms with E-state index in [1.807, 2.05) is 36.5 Å². The number of benzene rings is 1. The molecule has 0 atom stereocenters. The number of aromatic nitrogens is 3. The predicted molar refractivity (Wildman–Crippen MR) is 82.2 cm³/mol. The summed E-state index contributed by atoms with van der Waals surface area (Å²) in [6.45, 7) is 0. The molecular formula is C16H11N3S. The third-order valence-electron chi connectivity index (χ3n) is 3.21. The van der Waals surface area contributed by atoms with Gasteiger partial charge in [-0.05, 0) is 29.6 Å². The SMILES string of the molecule is c1ccc(-n2c(-c3cccs3)nc3ccncc32)cc1. The average molecular weight is 277 g/mol. The highest BCUT2D eigenvalue weighted by atomic mass is 32.1. The van der Waals surface area contributed by atoms with Gasteiger partial charge in [-0.1, -0.05) is 24.3 Å². The van der Waals surface area contributed by atoms with Crippen LogP contribution in [0.25, 0.3) is 27.4 Å². The molecule has 0 aliphatic heterocycles. The van der Waals surface area contributed by atoms with Crippen LogP contribution < -0.4 is 0 Å². The molecule has 0 aliphatic carbocycles. The van der Waals surface area contributed by atoms with Gasteiger partial charge in [-0.15, -0.1) is 11.3 Å². The van der Waals surface area contributed by atoms with Crippen molar-refractivity contribution >= 4 is 22.4 Å². The Morgan fingerprint density at radius 1 is 0.950 bits per heavy atom. The van der Waals surface area contributed by atoms with Crippen LogP contribution in [0.1, 0.15) is 0 Å². The normalized spacial score (nSPS) is 11.0. The molecule has 0 N–H and O–H groups in total. The summed E-state index contributed by atoms with van der Waals surface area (Å²) >= 11 is 1.70. The Bertz CT molecular complexity index is 848. The summed E-state index contributed by atoms with van der Waals surface area (Å²) in [6, 6.07) is 16.4. The van der Waals surface area contributed by atoms with Crippen LogP contribution in [0.3, 0.4) is 0 Å². The lowest BCUT2D eigenvalue weighted by Gasteiger charge is -2.07. The van der Waals surface area contributed by atoms with Gasteiger partial charge in [-0.3, -0.25) is 9.55 Å². The second-order valence-electron chi connectivity index (χ2n) is 4.45.